The highest BCUT2D eigenvalue weighted by Gasteiger charge is 2.05. The minimum absolute atomic E-state index is 0.00435. The maximum Gasteiger partial charge on any atom is 0.222 e. The summed E-state index contributed by atoms with van der Waals surface area (Å²) in [5.74, 6) is 5.46. The lowest BCUT2D eigenvalue weighted by Crippen LogP contribution is -2.27. The van der Waals surface area contributed by atoms with Crippen LogP contribution in [0, 0.1) is 17.8 Å². The molecule has 0 radical (unpaired) electrons. The van der Waals surface area contributed by atoms with Crippen LogP contribution in [0.25, 0.3) is 0 Å². The van der Waals surface area contributed by atoms with Gasteiger partial charge in [-0.15, -0.1) is 0 Å². The van der Waals surface area contributed by atoms with E-state index >= 15 is 0 Å². The second-order valence-corrected chi connectivity index (χ2v) is 4.03. The first kappa shape index (κ1) is 13.3. The molecule has 0 aliphatic carbocycles. The second-order valence-electron chi connectivity index (χ2n) is 4.03. The smallest absolute Gasteiger partial charge is 0.222 e. The third-order valence-corrected chi connectivity index (χ3v) is 2.26. The molecule has 1 aromatic carbocycles. The molecule has 0 bridgehead atoms. The van der Waals surface area contributed by atoms with Gasteiger partial charge in [-0.2, -0.15) is 0 Å². The molecule has 0 aliphatic rings. The largest absolute Gasteiger partial charge is 0.384 e. The minimum Gasteiger partial charge on any atom is -0.384 e. The quantitative estimate of drug-likeness (QED) is 0.770. The monoisotopic (exact) mass is 231 g/mol. The van der Waals surface area contributed by atoms with E-state index in [1.807, 2.05) is 38.1 Å². The molecule has 0 aromatic heterocycles. The van der Waals surface area contributed by atoms with Crippen LogP contribution >= 0.6 is 0 Å². The van der Waals surface area contributed by atoms with Gasteiger partial charge in [-0.1, -0.05) is 37.8 Å². The molecule has 1 rings (SSSR count). The first-order valence-electron chi connectivity index (χ1n) is 5.60. The molecule has 3 heteroatoms. The van der Waals surface area contributed by atoms with E-state index in [1.165, 1.54) is 0 Å². The van der Waals surface area contributed by atoms with Crippen LogP contribution in [0.5, 0.6) is 0 Å². The summed E-state index contributed by atoms with van der Waals surface area (Å²) in [6.07, 6.45) is 0. The Balaban J connectivity index is 2.54. The number of rotatable bonds is 3. The number of amides is 1. The lowest BCUT2D eigenvalue weighted by molar-refractivity contribution is -0.124. The zero-order valence-electron chi connectivity index (χ0n) is 10.2. The topological polar surface area (TPSA) is 49.3 Å². The number of hydrogen-bond acceptors (Lipinski definition) is 2. The molecular weight excluding hydrogens is 214 g/mol. The maximum atomic E-state index is 11.4. The normalized spacial score (nSPS) is 9.65. The summed E-state index contributed by atoms with van der Waals surface area (Å²) in [6.45, 7) is 4.13. The summed E-state index contributed by atoms with van der Waals surface area (Å²) in [6, 6.07) is 7.59. The Morgan fingerprint density at radius 3 is 2.53 bits per heavy atom. The highest BCUT2D eigenvalue weighted by Crippen LogP contribution is 2.03. The van der Waals surface area contributed by atoms with Crippen molar-refractivity contribution in [3.63, 3.8) is 0 Å². The molecule has 17 heavy (non-hydrogen) atoms. The van der Waals surface area contributed by atoms with Crippen molar-refractivity contribution in [1.29, 1.82) is 0 Å². The van der Waals surface area contributed by atoms with Gasteiger partial charge in [-0.05, 0) is 17.7 Å². The number of carbonyl (C=O) groups excluding carboxylic acids is 1. The second kappa shape index (κ2) is 6.72. The highest BCUT2D eigenvalue weighted by atomic mass is 16.2. The molecule has 1 aromatic rings. The third kappa shape index (κ3) is 4.71. The summed E-state index contributed by atoms with van der Waals surface area (Å²) in [4.78, 5) is 11.4. The standard InChI is InChI=1S/C14H17NO2/c1-11(2)14(17)15-10-13-7-5-12(6-8-13)4-3-9-16/h5-8,11,16H,9-10H2,1-2H3,(H,15,17). The van der Waals surface area contributed by atoms with Crippen molar-refractivity contribution in [3.8, 4) is 11.8 Å². The van der Waals surface area contributed by atoms with E-state index in [1.54, 1.807) is 0 Å². The van der Waals surface area contributed by atoms with Crippen LogP contribution in [-0.4, -0.2) is 17.6 Å². The Bertz CT molecular complexity index is 424. The molecule has 90 valence electrons. The summed E-state index contributed by atoms with van der Waals surface area (Å²) < 4.78 is 0. The van der Waals surface area contributed by atoms with Crippen molar-refractivity contribution in [3.05, 3.63) is 35.4 Å². The van der Waals surface area contributed by atoms with Gasteiger partial charge in [0, 0.05) is 18.0 Å². The Hall–Kier alpha value is -1.79. The Morgan fingerprint density at radius 1 is 1.35 bits per heavy atom. The van der Waals surface area contributed by atoms with Crippen molar-refractivity contribution >= 4 is 5.91 Å². The molecule has 0 fully saturated rings. The van der Waals surface area contributed by atoms with Gasteiger partial charge in [0.25, 0.3) is 0 Å². The molecule has 0 spiro atoms. The summed E-state index contributed by atoms with van der Waals surface area (Å²) in [5, 5.41) is 11.4. The average Bonchev–Trinajstić information content (AvgIpc) is 2.34. The van der Waals surface area contributed by atoms with Crippen LogP contribution in [0.2, 0.25) is 0 Å². The van der Waals surface area contributed by atoms with Gasteiger partial charge in [0.15, 0.2) is 0 Å². The molecule has 2 N–H and O–H groups in total. The van der Waals surface area contributed by atoms with Crippen LogP contribution in [0.1, 0.15) is 25.0 Å². The van der Waals surface area contributed by atoms with Gasteiger partial charge in [-0.25, -0.2) is 0 Å². The zero-order valence-corrected chi connectivity index (χ0v) is 10.2. The summed E-state index contributed by atoms with van der Waals surface area (Å²) >= 11 is 0. The Labute approximate surface area is 102 Å². The van der Waals surface area contributed by atoms with Crippen LogP contribution in [0.15, 0.2) is 24.3 Å². The predicted molar refractivity (Wildman–Crippen MR) is 67.1 cm³/mol. The molecule has 0 aliphatic heterocycles. The van der Waals surface area contributed by atoms with Crippen LogP contribution in [-0.2, 0) is 11.3 Å². The number of aliphatic hydroxyl groups is 1. The fourth-order valence-electron chi connectivity index (χ4n) is 1.24. The van der Waals surface area contributed by atoms with Gasteiger partial charge in [0.1, 0.15) is 6.61 Å². The molecule has 0 unspecified atom stereocenters. The molecular formula is C14H17NO2. The van der Waals surface area contributed by atoms with Crippen molar-refractivity contribution in [2.24, 2.45) is 5.92 Å². The van der Waals surface area contributed by atoms with Gasteiger partial charge in [0.2, 0.25) is 5.91 Å². The number of nitrogens with one attached hydrogen (secondary N) is 1. The van der Waals surface area contributed by atoms with Gasteiger partial charge < -0.3 is 10.4 Å². The SMILES string of the molecule is CC(C)C(=O)NCc1ccc(C#CCO)cc1. The van der Waals surface area contributed by atoms with Crippen LogP contribution in [0.3, 0.4) is 0 Å². The molecule has 0 saturated heterocycles. The number of aliphatic hydroxyl groups excluding tert-OH is 1. The molecule has 1 amide bonds. The van der Waals surface area contributed by atoms with Gasteiger partial charge in [0.05, 0.1) is 0 Å². The fraction of sp³-hybridized carbons (Fsp3) is 0.357. The van der Waals surface area contributed by atoms with Gasteiger partial charge >= 0.3 is 0 Å². The highest BCUT2D eigenvalue weighted by molar-refractivity contribution is 5.77. The number of carbonyl (C=O) groups is 1. The summed E-state index contributed by atoms with van der Waals surface area (Å²) in [5.41, 5.74) is 1.89. The minimum atomic E-state index is -0.133. The number of benzene rings is 1. The molecule has 0 atom stereocenters. The van der Waals surface area contributed by atoms with Crippen molar-refractivity contribution < 1.29 is 9.90 Å². The molecule has 3 nitrogen and oxygen atoms in total. The molecule has 0 heterocycles. The first-order chi connectivity index (χ1) is 8.13. The zero-order chi connectivity index (χ0) is 12.7. The van der Waals surface area contributed by atoms with Crippen molar-refractivity contribution in [2.75, 3.05) is 6.61 Å². The Kier molecular flexibility index (Phi) is 5.25. The maximum absolute atomic E-state index is 11.4. The predicted octanol–water partition coefficient (Wildman–Crippen LogP) is 1.30. The molecule has 0 saturated carbocycles. The lowest BCUT2D eigenvalue weighted by Gasteiger charge is -2.07. The number of hydrogen-bond donors (Lipinski definition) is 2. The van der Waals surface area contributed by atoms with E-state index in [-0.39, 0.29) is 18.4 Å². The van der Waals surface area contributed by atoms with E-state index in [4.69, 9.17) is 5.11 Å². The summed E-state index contributed by atoms with van der Waals surface area (Å²) in [7, 11) is 0. The van der Waals surface area contributed by atoms with E-state index in [0.717, 1.165) is 11.1 Å². The van der Waals surface area contributed by atoms with E-state index in [9.17, 15) is 4.79 Å². The van der Waals surface area contributed by atoms with Gasteiger partial charge in [-0.3, -0.25) is 4.79 Å². The fourth-order valence-corrected chi connectivity index (χ4v) is 1.24. The third-order valence-electron chi connectivity index (χ3n) is 2.26. The van der Waals surface area contributed by atoms with E-state index in [0.29, 0.717) is 6.54 Å². The average molecular weight is 231 g/mol. The van der Waals surface area contributed by atoms with E-state index < -0.39 is 0 Å². The van der Waals surface area contributed by atoms with Crippen molar-refractivity contribution in [1.82, 2.24) is 5.32 Å². The lowest BCUT2D eigenvalue weighted by atomic mass is 10.1. The van der Waals surface area contributed by atoms with Crippen molar-refractivity contribution in [2.45, 2.75) is 20.4 Å². The van der Waals surface area contributed by atoms with E-state index in [2.05, 4.69) is 17.2 Å². The van der Waals surface area contributed by atoms with Crippen LogP contribution < -0.4 is 5.32 Å². The Morgan fingerprint density at radius 2 is 2.00 bits per heavy atom. The first-order valence-corrected chi connectivity index (χ1v) is 5.60. The van der Waals surface area contributed by atoms with Crippen LogP contribution in [0.4, 0.5) is 0 Å².